The number of rotatable bonds is 7. The average Bonchev–Trinajstić information content (AvgIpc) is 2.75. The van der Waals surface area contributed by atoms with E-state index in [4.69, 9.17) is 18.9 Å². The van der Waals surface area contributed by atoms with Crippen LogP contribution in [0.1, 0.15) is 5.56 Å². The van der Waals surface area contributed by atoms with Gasteiger partial charge in [-0.05, 0) is 35.9 Å². The second kappa shape index (κ2) is 9.45. The van der Waals surface area contributed by atoms with Gasteiger partial charge in [0.2, 0.25) is 0 Å². The van der Waals surface area contributed by atoms with Crippen LogP contribution >= 0.6 is 0 Å². The number of esters is 1. The highest BCUT2D eigenvalue weighted by Gasteiger charge is 2.21. The Morgan fingerprint density at radius 3 is 2.64 bits per heavy atom. The molecule has 1 aliphatic heterocycles. The lowest BCUT2D eigenvalue weighted by molar-refractivity contribution is -0.143. The van der Waals surface area contributed by atoms with Crippen molar-refractivity contribution in [2.24, 2.45) is 0 Å². The quantitative estimate of drug-likeness (QED) is 0.583. The Labute approximate surface area is 162 Å². The van der Waals surface area contributed by atoms with Gasteiger partial charge in [0.15, 0.2) is 18.1 Å². The Morgan fingerprint density at radius 2 is 1.89 bits per heavy atom. The third kappa shape index (κ3) is 5.51. The number of fused-ring (bicyclic) bond motifs is 1. The van der Waals surface area contributed by atoms with Gasteiger partial charge < -0.3 is 24.3 Å². The Balaban J connectivity index is 1.37. The molecule has 0 saturated heterocycles. The zero-order valence-electron chi connectivity index (χ0n) is 15.4. The van der Waals surface area contributed by atoms with Crippen molar-refractivity contribution in [1.29, 1.82) is 0 Å². The fourth-order valence-corrected chi connectivity index (χ4v) is 2.51. The van der Waals surface area contributed by atoms with Crippen molar-refractivity contribution in [2.75, 3.05) is 26.9 Å². The lowest BCUT2D eigenvalue weighted by Crippen LogP contribution is -2.42. The van der Waals surface area contributed by atoms with Crippen molar-refractivity contribution in [1.82, 2.24) is 5.32 Å². The SMILES string of the molecule is COc1ccc(/C=C/C(=O)OCC(=O)NC[C@H]2COc3ccccc3O2)cc1. The highest BCUT2D eigenvalue weighted by atomic mass is 16.6. The van der Waals surface area contributed by atoms with Gasteiger partial charge in [0.25, 0.3) is 5.91 Å². The molecule has 146 valence electrons. The Kier molecular flexibility index (Phi) is 6.51. The number of ether oxygens (including phenoxy) is 4. The molecular formula is C21H21NO6. The van der Waals surface area contributed by atoms with Gasteiger partial charge in [-0.1, -0.05) is 24.3 Å². The van der Waals surface area contributed by atoms with Gasteiger partial charge in [-0.3, -0.25) is 4.79 Å². The van der Waals surface area contributed by atoms with Gasteiger partial charge in [0, 0.05) is 6.08 Å². The minimum absolute atomic E-state index is 0.256. The van der Waals surface area contributed by atoms with E-state index >= 15 is 0 Å². The van der Waals surface area contributed by atoms with Gasteiger partial charge >= 0.3 is 5.97 Å². The normalized spacial score (nSPS) is 15.1. The van der Waals surface area contributed by atoms with Crippen molar-refractivity contribution in [2.45, 2.75) is 6.10 Å². The summed E-state index contributed by atoms with van der Waals surface area (Å²) in [4.78, 5) is 23.6. The molecule has 1 N–H and O–H groups in total. The standard InChI is InChI=1S/C21H21NO6/c1-25-16-9-6-15(7-10-16)8-11-21(24)27-14-20(23)22-12-17-13-26-18-4-2-3-5-19(18)28-17/h2-11,17H,12-14H2,1H3,(H,22,23)/b11-8+/t17-/m0/s1. The number of carbonyl (C=O) groups excluding carboxylic acids is 2. The average molecular weight is 383 g/mol. The number of nitrogens with one attached hydrogen (secondary N) is 1. The number of amides is 1. The summed E-state index contributed by atoms with van der Waals surface area (Å²) in [5, 5.41) is 2.67. The first-order valence-electron chi connectivity index (χ1n) is 8.78. The molecule has 1 heterocycles. The predicted octanol–water partition coefficient (Wildman–Crippen LogP) is 2.21. The molecule has 0 saturated carbocycles. The van der Waals surface area contributed by atoms with Crippen LogP contribution in [0.2, 0.25) is 0 Å². The van der Waals surface area contributed by atoms with E-state index < -0.39 is 11.9 Å². The first kappa shape index (κ1) is 19.3. The second-order valence-corrected chi connectivity index (χ2v) is 6.02. The maximum Gasteiger partial charge on any atom is 0.331 e. The Morgan fingerprint density at radius 1 is 1.14 bits per heavy atom. The third-order valence-electron chi connectivity index (χ3n) is 3.97. The summed E-state index contributed by atoms with van der Waals surface area (Å²) >= 11 is 0. The third-order valence-corrected chi connectivity index (χ3v) is 3.97. The lowest BCUT2D eigenvalue weighted by atomic mass is 10.2. The molecule has 1 amide bonds. The minimum Gasteiger partial charge on any atom is -0.497 e. The molecule has 0 unspecified atom stereocenters. The number of benzene rings is 2. The van der Waals surface area contributed by atoms with Crippen molar-refractivity contribution in [3.63, 3.8) is 0 Å². The van der Waals surface area contributed by atoms with Crippen molar-refractivity contribution in [3.05, 3.63) is 60.2 Å². The topological polar surface area (TPSA) is 83.1 Å². The Bertz CT molecular complexity index is 846. The molecule has 0 fully saturated rings. The summed E-state index contributed by atoms with van der Waals surface area (Å²) in [7, 11) is 1.58. The largest absolute Gasteiger partial charge is 0.497 e. The molecule has 0 aliphatic carbocycles. The van der Waals surface area contributed by atoms with Crippen LogP contribution in [-0.4, -0.2) is 44.8 Å². The van der Waals surface area contributed by atoms with E-state index in [0.29, 0.717) is 18.1 Å². The molecule has 28 heavy (non-hydrogen) atoms. The fraction of sp³-hybridized carbons (Fsp3) is 0.238. The number of hydrogen-bond donors (Lipinski definition) is 1. The number of hydrogen-bond acceptors (Lipinski definition) is 6. The summed E-state index contributed by atoms with van der Waals surface area (Å²) in [5.41, 5.74) is 0.817. The maximum atomic E-state index is 11.9. The van der Waals surface area contributed by atoms with Crippen molar-refractivity contribution in [3.8, 4) is 17.2 Å². The number of carbonyl (C=O) groups is 2. The molecule has 0 bridgehead atoms. The molecule has 0 spiro atoms. The molecule has 3 rings (SSSR count). The molecule has 0 aromatic heterocycles. The summed E-state index contributed by atoms with van der Waals surface area (Å²) in [6, 6.07) is 14.5. The molecule has 7 nitrogen and oxygen atoms in total. The van der Waals surface area contributed by atoms with Gasteiger partial charge in [-0.25, -0.2) is 4.79 Å². The van der Waals surface area contributed by atoms with Crippen LogP contribution in [-0.2, 0) is 14.3 Å². The summed E-state index contributed by atoms with van der Waals surface area (Å²) in [5.74, 6) is 1.05. The van der Waals surface area contributed by atoms with Crippen molar-refractivity contribution >= 4 is 18.0 Å². The highest BCUT2D eigenvalue weighted by molar-refractivity contribution is 5.89. The smallest absolute Gasteiger partial charge is 0.331 e. The van der Waals surface area contributed by atoms with Gasteiger partial charge in [0.05, 0.1) is 13.7 Å². The molecule has 7 heteroatoms. The van der Waals surface area contributed by atoms with Crippen LogP contribution < -0.4 is 19.5 Å². The van der Waals surface area contributed by atoms with E-state index in [1.165, 1.54) is 6.08 Å². The summed E-state index contributed by atoms with van der Waals surface area (Å²) < 4.78 is 21.3. The zero-order chi connectivity index (χ0) is 19.8. The van der Waals surface area contributed by atoms with Crippen LogP contribution in [0.3, 0.4) is 0 Å². The van der Waals surface area contributed by atoms with Gasteiger partial charge in [0.1, 0.15) is 18.5 Å². The van der Waals surface area contributed by atoms with E-state index in [0.717, 1.165) is 11.3 Å². The number of para-hydroxylation sites is 2. The van der Waals surface area contributed by atoms with E-state index in [-0.39, 0.29) is 19.3 Å². The highest BCUT2D eigenvalue weighted by Crippen LogP contribution is 2.30. The van der Waals surface area contributed by atoms with Crippen LogP contribution in [0.25, 0.3) is 6.08 Å². The first-order chi connectivity index (χ1) is 13.6. The van der Waals surface area contributed by atoms with Crippen LogP contribution in [0.5, 0.6) is 17.2 Å². The van der Waals surface area contributed by atoms with E-state index in [2.05, 4.69) is 5.32 Å². The number of methoxy groups -OCH3 is 1. The van der Waals surface area contributed by atoms with Crippen LogP contribution in [0.4, 0.5) is 0 Å². The van der Waals surface area contributed by atoms with Crippen LogP contribution in [0, 0.1) is 0 Å². The van der Waals surface area contributed by atoms with Gasteiger partial charge in [-0.2, -0.15) is 0 Å². The molecule has 2 aromatic rings. The van der Waals surface area contributed by atoms with E-state index in [9.17, 15) is 9.59 Å². The minimum atomic E-state index is -0.600. The Hall–Kier alpha value is -3.48. The molecule has 2 aromatic carbocycles. The predicted molar refractivity (Wildman–Crippen MR) is 102 cm³/mol. The monoisotopic (exact) mass is 383 g/mol. The summed E-state index contributed by atoms with van der Waals surface area (Å²) in [6.45, 7) is 0.226. The maximum absolute atomic E-state index is 11.9. The molecular weight excluding hydrogens is 362 g/mol. The molecule has 1 atom stereocenters. The first-order valence-corrected chi connectivity index (χ1v) is 8.78. The van der Waals surface area contributed by atoms with E-state index in [1.807, 2.05) is 18.2 Å². The molecule has 0 radical (unpaired) electrons. The second-order valence-electron chi connectivity index (χ2n) is 6.02. The lowest BCUT2D eigenvalue weighted by Gasteiger charge is -2.26. The summed E-state index contributed by atoms with van der Waals surface area (Å²) in [6.07, 6.45) is 2.57. The van der Waals surface area contributed by atoms with Crippen molar-refractivity contribution < 1.29 is 28.5 Å². The molecule has 1 aliphatic rings. The van der Waals surface area contributed by atoms with Crippen LogP contribution in [0.15, 0.2) is 54.6 Å². The fourth-order valence-electron chi connectivity index (χ4n) is 2.51. The zero-order valence-corrected chi connectivity index (χ0v) is 15.4. The van der Waals surface area contributed by atoms with E-state index in [1.54, 1.807) is 43.5 Å². The van der Waals surface area contributed by atoms with Gasteiger partial charge in [-0.15, -0.1) is 0 Å².